The fraction of sp³-hybridized carbons (Fsp3) is 1.00. The van der Waals surface area contributed by atoms with Crippen molar-refractivity contribution in [1.29, 1.82) is 0 Å². The third kappa shape index (κ3) is 4.52. The third-order valence-corrected chi connectivity index (χ3v) is 3.71. The molecule has 1 saturated heterocycles. The van der Waals surface area contributed by atoms with Crippen LogP contribution in [0.5, 0.6) is 0 Å². The molecule has 1 aliphatic heterocycles. The van der Waals surface area contributed by atoms with E-state index < -0.39 is 0 Å². The molecule has 0 radical (unpaired) electrons. The smallest absolute Gasteiger partial charge is 0.0107 e. The molecule has 15 heavy (non-hydrogen) atoms. The summed E-state index contributed by atoms with van der Waals surface area (Å²) in [4.78, 5) is 2.60. The van der Waals surface area contributed by atoms with E-state index in [1.807, 2.05) is 0 Å². The van der Waals surface area contributed by atoms with Gasteiger partial charge in [-0.1, -0.05) is 27.2 Å². The standard InChI is InChI=1S/C13H28N2/c1-5-6-13(4)14-7-8-15-9-11(2)12(3)10-15/h11-14H,5-10H2,1-4H3. The van der Waals surface area contributed by atoms with Crippen molar-refractivity contribution in [3.63, 3.8) is 0 Å². The predicted molar refractivity (Wildman–Crippen MR) is 67.1 cm³/mol. The summed E-state index contributed by atoms with van der Waals surface area (Å²) >= 11 is 0. The van der Waals surface area contributed by atoms with Gasteiger partial charge in [0, 0.05) is 32.2 Å². The van der Waals surface area contributed by atoms with E-state index in [2.05, 4.69) is 37.9 Å². The molecule has 0 saturated carbocycles. The van der Waals surface area contributed by atoms with Crippen molar-refractivity contribution in [2.75, 3.05) is 26.2 Å². The van der Waals surface area contributed by atoms with Crippen molar-refractivity contribution in [3.8, 4) is 0 Å². The molecule has 2 nitrogen and oxygen atoms in total. The molecule has 1 rings (SSSR count). The van der Waals surface area contributed by atoms with Gasteiger partial charge < -0.3 is 10.2 Å². The minimum absolute atomic E-state index is 0.687. The molecule has 3 atom stereocenters. The lowest BCUT2D eigenvalue weighted by Crippen LogP contribution is -2.35. The van der Waals surface area contributed by atoms with Crippen molar-refractivity contribution < 1.29 is 0 Å². The summed E-state index contributed by atoms with van der Waals surface area (Å²) in [6.45, 7) is 14.3. The van der Waals surface area contributed by atoms with Crippen LogP contribution in [0.2, 0.25) is 0 Å². The Bertz CT molecular complexity index is 160. The normalized spacial score (nSPS) is 29.6. The average Bonchev–Trinajstić information content (AvgIpc) is 2.46. The van der Waals surface area contributed by atoms with Gasteiger partial charge >= 0.3 is 0 Å². The van der Waals surface area contributed by atoms with E-state index >= 15 is 0 Å². The number of likely N-dealkylation sites (tertiary alicyclic amines) is 1. The highest BCUT2D eigenvalue weighted by atomic mass is 15.2. The molecule has 0 amide bonds. The second-order valence-corrected chi connectivity index (χ2v) is 5.36. The molecule has 90 valence electrons. The summed E-state index contributed by atoms with van der Waals surface area (Å²) < 4.78 is 0. The van der Waals surface area contributed by atoms with Gasteiger partial charge in [-0.05, 0) is 25.2 Å². The Balaban J connectivity index is 2.06. The largest absolute Gasteiger partial charge is 0.313 e. The first kappa shape index (κ1) is 13.0. The first-order chi connectivity index (χ1) is 7.13. The van der Waals surface area contributed by atoms with Gasteiger partial charge in [-0.15, -0.1) is 0 Å². The van der Waals surface area contributed by atoms with Crippen LogP contribution in [0, 0.1) is 11.8 Å². The van der Waals surface area contributed by atoms with Crippen LogP contribution in [0.4, 0.5) is 0 Å². The monoisotopic (exact) mass is 212 g/mol. The van der Waals surface area contributed by atoms with Crippen LogP contribution in [0.1, 0.15) is 40.5 Å². The minimum Gasteiger partial charge on any atom is -0.313 e. The van der Waals surface area contributed by atoms with E-state index in [1.165, 1.54) is 32.5 Å². The number of nitrogens with zero attached hydrogens (tertiary/aromatic N) is 1. The van der Waals surface area contributed by atoms with Crippen LogP contribution >= 0.6 is 0 Å². The number of nitrogens with one attached hydrogen (secondary N) is 1. The van der Waals surface area contributed by atoms with Gasteiger partial charge in [0.2, 0.25) is 0 Å². The molecule has 1 fully saturated rings. The summed E-state index contributed by atoms with van der Waals surface area (Å²) in [5, 5.41) is 3.60. The van der Waals surface area contributed by atoms with Crippen LogP contribution in [0.15, 0.2) is 0 Å². The molecule has 1 heterocycles. The SMILES string of the molecule is CCCC(C)NCCN1CC(C)C(C)C1. The zero-order valence-electron chi connectivity index (χ0n) is 10.9. The molecule has 0 aromatic carbocycles. The zero-order chi connectivity index (χ0) is 11.3. The van der Waals surface area contributed by atoms with Crippen molar-refractivity contribution in [2.24, 2.45) is 11.8 Å². The summed E-state index contributed by atoms with van der Waals surface area (Å²) in [6, 6.07) is 0.687. The van der Waals surface area contributed by atoms with Gasteiger partial charge in [0.05, 0.1) is 0 Å². The molecule has 1 N–H and O–H groups in total. The van der Waals surface area contributed by atoms with E-state index in [9.17, 15) is 0 Å². The second kappa shape index (κ2) is 6.49. The van der Waals surface area contributed by atoms with Crippen LogP contribution in [-0.4, -0.2) is 37.1 Å². The van der Waals surface area contributed by atoms with Gasteiger partial charge in [-0.2, -0.15) is 0 Å². The van der Waals surface area contributed by atoms with Gasteiger partial charge in [-0.25, -0.2) is 0 Å². The molecular weight excluding hydrogens is 184 g/mol. The van der Waals surface area contributed by atoms with Crippen molar-refractivity contribution in [2.45, 2.75) is 46.6 Å². The molecule has 0 spiro atoms. The van der Waals surface area contributed by atoms with E-state index in [0.29, 0.717) is 6.04 Å². The van der Waals surface area contributed by atoms with E-state index in [4.69, 9.17) is 0 Å². The first-order valence-electron chi connectivity index (χ1n) is 6.59. The Kier molecular flexibility index (Phi) is 5.62. The Labute approximate surface area is 95.4 Å². The van der Waals surface area contributed by atoms with Crippen LogP contribution < -0.4 is 5.32 Å². The zero-order valence-corrected chi connectivity index (χ0v) is 10.9. The van der Waals surface area contributed by atoms with Gasteiger partial charge in [0.15, 0.2) is 0 Å². The lowest BCUT2D eigenvalue weighted by atomic mass is 10.0. The molecule has 0 bridgehead atoms. The average molecular weight is 212 g/mol. The summed E-state index contributed by atoms with van der Waals surface area (Å²) in [5.41, 5.74) is 0. The Morgan fingerprint density at radius 1 is 1.27 bits per heavy atom. The fourth-order valence-corrected chi connectivity index (χ4v) is 2.44. The quantitative estimate of drug-likeness (QED) is 0.727. The minimum atomic E-state index is 0.687. The number of hydrogen-bond acceptors (Lipinski definition) is 2. The predicted octanol–water partition coefficient (Wildman–Crippen LogP) is 2.35. The highest BCUT2D eigenvalue weighted by Crippen LogP contribution is 2.21. The van der Waals surface area contributed by atoms with Crippen LogP contribution in [0.3, 0.4) is 0 Å². The highest BCUT2D eigenvalue weighted by molar-refractivity contribution is 4.78. The second-order valence-electron chi connectivity index (χ2n) is 5.36. The van der Waals surface area contributed by atoms with Gasteiger partial charge in [-0.3, -0.25) is 0 Å². The van der Waals surface area contributed by atoms with Crippen molar-refractivity contribution in [1.82, 2.24) is 10.2 Å². The van der Waals surface area contributed by atoms with Gasteiger partial charge in [0.1, 0.15) is 0 Å². The topological polar surface area (TPSA) is 15.3 Å². The van der Waals surface area contributed by atoms with E-state index in [0.717, 1.165) is 18.4 Å². The van der Waals surface area contributed by atoms with E-state index in [-0.39, 0.29) is 0 Å². The van der Waals surface area contributed by atoms with Crippen LogP contribution in [0.25, 0.3) is 0 Å². The molecule has 0 aromatic rings. The lowest BCUT2D eigenvalue weighted by Gasteiger charge is -2.18. The molecule has 1 aliphatic rings. The van der Waals surface area contributed by atoms with Crippen LogP contribution in [-0.2, 0) is 0 Å². The Morgan fingerprint density at radius 2 is 1.87 bits per heavy atom. The summed E-state index contributed by atoms with van der Waals surface area (Å²) in [7, 11) is 0. The molecule has 2 heteroatoms. The number of hydrogen-bond donors (Lipinski definition) is 1. The van der Waals surface area contributed by atoms with Gasteiger partial charge in [0.25, 0.3) is 0 Å². The number of rotatable bonds is 6. The highest BCUT2D eigenvalue weighted by Gasteiger charge is 2.25. The maximum atomic E-state index is 3.60. The molecule has 0 aromatic heterocycles. The summed E-state index contributed by atoms with van der Waals surface area (Å²) in [5.74, 6) is 1.77. The first-order valence-corrected chi connectivity index (χ1v) is 6.59. The molecule has 3 unspecified atom stereocenters. The molecule has 0 aliphatic carbocycles. The maximum absolute atomic E-state index is 3.60. The fourth-order valence-electron chi connectivity index (χ4n) is 2.44. The Morgan fingerprint density at radius 3 is 2.40 bits per heavy atom. The third-order valence-electron chi connectivity index (χ3n) is 3.71. The van der Waals surface area contributed by atoms with Crippen molar-refractivity contribution >= 4 is 0 Å². The summed E-state index contributed by atoms with van der Waals surface area (Å²) in [6.07, 6.45) is 2.58. The van der Waals surface area contributed by atoms with Crippen molar-refractivity contribution in [3.05, 3.63) is 0 Å². The van der Waals surface area contributed by atoms with E-state index in [1.54, 1.807) is 0 Å². The maximum Gasteiger partial charge on any atom is 0.0107 e. The Hall–Kier alpha value is -0.0800. The lowest BCUT2D eigenvalue weighted by molar-refractivity contribution is 0.314. The molecular formula is C13H28N2.